The third kappa shape index (κ3) is 18.4. The first-order chi connectivity index (χ1) is 10.6. The van der Waals surface area contributed by atoms with Crippen LogP contribution in [0.4, 0.5) is 0 Å². The molecule has 4 heteroatoms. The molecule has 0 aliphatic rings. The van der Waals surface area contributed by atoms with E-state index in [0.29, 0.717) is 6.42 Å². The first-order valence-electron chi connectivity index (χ1n) is 8.39. The molecule has 0 aromatic heterocycles. The molecule has 126 valence electrons. The van der Waals surface area contributed by atoms with Crippen LogP contribution in [-0.4, -0.2) is 22.2 Å². The molecule has 22 heavy (non-hydrogen) atoms. The zero-order chi connectivity index (χ0) is 16.5. The van der Waals surface area contributed by atoms with Gasteiger partial charge < -0.3 is 10.2 Å². The van der Waals surface area contributed by atoms with Crippen molar-refractivity contribution in [1.29, 1.82) is 0 Å². The van der Waals surface area contributed by atoms with Gasteiger partial charge in [-0.05, 0) is 44.9 Å². The van der Waals surface area contributed by atoms with E-state index < -0.39 is 11.9 Å². The minimum atomic E-state index is -0.871. The average Bonchev–Trinajstić information content (AvgIpc) is 2.46. The summed E-state index contributed by atoms with van der Waals surface area (Å²) in [4.78, 5) is 20.6. The Labute approximate surface area is 133 Å². The molecule has 0 aliphatic heterocycles. The number of aliphatic carboxylic acids is 2. The molecule has 0 rings (SSSR count). The maximum atomic E-state index is 10.3. The van der Waals surface area contributed by atoms with Gasteiger partial charge in [0.1, 0.15) is 0 Å². The van der Waals surface area contributed by atoms with E-state index >= 15 is 0 Å². The average molecular weight is 310 g/mol. The van der Waals surface area contributed by atoms with Crippen LogP contribution in [0.2, 0.25) is 0 Å². The van der Waals surface area contributed by atoms with Crippen LogP contribution in [0.15, 0.2) is 24.3 Å². The molecule has 0 bridgehead atoms. The normalized spacial score (nSPS) is 11.5. The van der Waals surface area contributed by atoms with Gasteiger partial charge >= 0.3 is 11.9 Å². The number of carboxylic acids is 2. The van der Waals surface area contributed by atoms with Gasteiger partial charge in [-0.15, -0.1) is 0 Å². The number of hydrogen-bond acceptors (Lipinski definition) is 2. The maximum Gasteiger partial charge on any atom is 0.327 e. The smallest absolute Gasteiger partial charge is 0.327 e. The second kappa shape index (κ2) is 15.8. The van der Waals surface area contributed by atoms with Crippen LogP contribution in [0.5, 0.6) is 0 Å². The minimum Gasteiger partial charge on any atom is -0.481 e. The summed E-state index contributed by atoms with van der Waals surface area (Å²) in [6.07, 6.45) is 19.4. The lowest BCUT2D eigenvalue weighted by atomic mass is 10.1. The van der Waals surface area contributed by atoms with E-state index in [1.165, 1.54) is 18.9 Å². The molecule has 0 unspecified atom stereocenters. The number of carboxylic acid groups (broad SMARTS) is 2. The van der Waals surface area contributed by atoms with E-state index in [4.69, 9.17) is 10.2 Å². The number of unbranched alkanes of at least 4 members (excludes halogenated alkanes) is 9. The molecule has 0 amide bonds. The highest BCUT2D eigenvalue weighted by atomic mass is 16.4. The first-order valence-corrected chi connectivity index (χ1v) is 8.39. The van der Waals surface area contributed by atoms with Gasteiger partial charge in [0.2, 0.25) is 0 Å². The highest BCUT2D eigenvalue weighted by Crippen LogP contribution is 2.09. The maximum absolute atomic E-state index is 10.3. The van der Waals surface area contributed by atoms with Crippen molar-refractivity contribution in [3.05, 3.63) is 24.3 Å². The third-order valence-corrected chi connectivity index (χ3v) is 3.43. The van der Waals surface area contributed by atoms with Gasteiger partial charge in [0.25, 0.3) is 0 Å². The lowest BCUT2D eigenvalue weighted by Gasteiger charge is -1.98. The van der Waals surface area contributed by atoms with Crippen molar-refractivity contribution in [1.82, 2.24) is 0 Å². The van der Waals surface area contributed by atoms with Crippen molar-refractivity contribution < 1.29 is 19.8 Å². The van der Waals surface area contributed by atoms with Gasteiger partial charge in [-0.2, -0.15) is 0 Å². The van der Waals surface area contributed by atoms with E-state index in [-0.39, 0.29) is 0 Å². The third-order valence-electron chi connectivity index (χ3n) is 3.43. The van der Waals surface area contributed by atoms with Crippen molar-refractivity contribution in [2.75, 3.05) is 0 Å². The van der Waals surface area contributed by atoms with Crippen molar-refractivity contribution in [3.8, 4) is 0 Å². The molecule has 0 aromatic carbocycles. The largest absolute Gasteiger partial charge is 0.481 e. The number of hydrogen-bond donors (Lipinski definition) is 2. The summed E-state index contributed by atoms with van der Waals surface area (Å²) in [5.74, 6) is -1.56. The fourth-order valence-electron chi connectivity index (χ4n) is 2.19. The standard InChI is InChI=1S/C18H30O4/c19-17(20)15-13-11-9-7-5-3-1-2-4-6-8-10-12-14-16-18(21)22/h1-2,13,15H,3-12,14,16H2,(H,19,20)(H,21,22). The summed E-state index contributed by atoms with van der Waals surface area (Å²) in [5, 5.41) is 16.9. The molecule has 4 nitrogen and oxygen atoms in total. The van der Waals surface area contributed by atoms with Crippen LogP contribution in [0.1, 0.15) is 77.0 Å². The second-order valence-corrected chi connectivity index (χ2v) is 5.55. The topological polar surface area (TPSA) is 74.6 Å². The number of carbonyl (C=O) groups is 2. The van der Waals surface area contributed by atoms with Gasteiger partial charge in [0.15, 0.2) is 0 Å². The summed E-state index contributed by atoms with van der Waals surface area (Å²) < 4.78 is 0. The summed E-state index contributed by atoms with van der Waals surface area (Å²) in [6.45, 7) is 0. The summed E-state index contributed by atoms with van der Waals surface area (Å²) in [5.41, 5.74) is 0. The number of allylic oxidation sites excluding steroid dienone is 3. The van der Waals surface area contributed by atoms with E-state index in [9.17, 15) is 9.59 Å². The molecule has 0 aromatic rings. The first kappa shape index (κ1) is 20.4. The fourth-order valence-corrected chi connectivity index (χ4v) is 2.19. The monoisotopic (exact) mass is 310 g/mol. The zero-order valence-corrected chi connectivity index (χ0v) is 13.5. The molecule has 0 saturated carbocycles. The molecule has 0 aliphatic carbocycles. The summed E-state index contributed by atoms with van der Waals surface area (Å²) in [7, 11) is 0. The lowest BCUT2D eigenvalue weighted by Crippen LogP contribution is -1.93. The quantitative estimate of drug-likeness (QED) is 0.255. The predicted octanol–water partition coefficient (Wildman–Crippen LogP) is 4.95. The predicted molar refractivity (Wildman–Crippen MR) is 89.0 cm³/mol. The van der Waals surface area contributed by atoms with Gasteiger partial charge in [0.05, 0.1) is 0 Å². The van der Waals surface area contributed by atoms with Gasteiger partial charge in [0, 0.05) is 12.5 Å². The molecule has 0 radical (unpaired) electrons. The van der Waals surface area contributed by atoms with Crippen molar-refractivity contribution >= 4 is 11.9 Å². The van der Waals surface area contributed by atoms with Crippen LogP contribution in [0, 0.1) is 0 Å². The molecular formula is C18H30O4. The molecular weight excluding hydrogens is 280 g/mol. The van der Waals surface area contributed by atoms with Gasteiger partial charge in [-0.3, -0.25) is 4.79 Å². The lowest BCUT2D eigenvalue weighted by molar-refractivity contribution is -0.137. The van der Waals surface area contributed by atoms with Gasteiger partial charge in [-0.1, -0.05) is 43.9 Å². The molecule has 0 saturated heterocycles. The summed E-state index contributed by atoms with van der Waals surface area (Å²) in [6, 6.07) is 0. The van der Waals surface area contributed by atoms with Crippen LogP contribution in [0.3, 0.4) is 0 Å². The Morgan fingerprint density at radius 3 is 1.64 bits per heavy atom. The highest BCUT2D eigenvalue weighted by Gasteiger charge is 1.95. The van der Waals surface area contributed by atoms with E-state index in [1.54, 1.807) is 6.08 Å². The van der Waals surface area contributed by atoms with E-state index in [2.05, 4.69) is 12.2 Å². The van der Waals surface area contributed by atoms with E-state index in [1.807, 2.05) is 0 Å². The van der Waals surface area contributed by atoms with Gasteiger partial charge in [-0.25, -0.2) is 4.79 Å². The Morgan fingerprint density at radius 2 is 1.09 bits per heavy atom. The zero-order valence-electron chi connectivity index (χ0n) is 13.5. The van der Waals surface area contributed by atoms with Crippen LogP contribution in [-0.2, 0) is 9.59 Å². The fraction of sp³-hybridized carbons (Fsp3) is 0.667. The Bertz CT molecular complexity index is 345. The molecule has 2 N–H and O–H groups in total. The Kier molecular flexibility index (Phi) is 14.7. The molecule has 0 atom stereocenters. The van der Waals surface area contributed by atoms with Crippen LogP contribution >= 0.6 is 0 Å². The Morgan fingerprint density at radius 1 is 0.636 bits per heavy atom. The van der Waals surface area contributed by atoms with Crippen molar-refractivity contribution in [2.45, 2.75) is 77.0 Å². The van der Waals surface area contributed by atoms with Crippen molar-refractivity contribution in [3.63, 3.8) is 0 Å². The molecule has 0 fully saturated rings. The molecule has 0 heterocycles. The Balaban J connectivity index is 3.18. The highest BCUT2D eigenvalue weighted by molar-refractivity contribution is 5.79. The van der Waals surface area contributed by atoms with Crippen molar-refractivity contribution in [2.24, 2.45) is 0 Å². The van der Waals surface area contributed by atoms with Crippen LogP contribution in [0.25, 0.3) is 0 Å². The SMILES string of the molecule is O=C(O)C=CCCCCCC=CCCCCCCCC(=O)O. The number of rotatable bonds is 15. The van der Waals surface area contributed by atoms with E-state index in [0.717, 1.165) is 57.8 Å². The minimum absolute atomic E-state index is 0.298. The molecule has 0 spiro atoms. The summed E-state index contributed by atoms with van der Waals surface area (Å²) >= 11 is 0. The second-order valence-electron chi connectivity index (χ2n) is 5.55. The Hall–Kier alpha value is -1.58. The van der Waals surface area contributed by atoms with Crippen LogP contribution < -0.4 is 0 Å².